The van der Waals surface area contributed by atoms with Crippen LogP contribution in [0, 0.1) is 17.7 Å². The molecule has 1 saturated heterocycles. The van der Waals surface area contributed by atoms with E-state index in [-0.39, 0.29) is 24.2 Å². The lowest BCUT2D eigenvalue weighted by Gasteiger charge is -2.36. The predicted molar refractivity (Wildman–Crippen MR) is 112 cm³/mol. The molecular formula is C22H33FN4O2. The summed E-state index contributed by atoms with van der Waals surface area (Å²) in [6.07, 6.45) is 3.51. The van der Waals surface area contributed by atoms with Crippen molar-refractivity contribution in [3.8, 4) is 0 Å². The van der Waals surface area contributed by atoms with Crippen LogP contribution in [0.3, 0.4) is 0 Å². The van der Waals surface area contributed by atoms with Crippen LogP contribution in [0.15, 0.2) is 24.3 Å². The molecule has 0 unspecified atom stereocenters. The molecule has 3 atom stereocenters. The standard InChI is InChI=1S/C22H33FN4O2/c1-16-5-3-8-20(17(16)2)25-22(29)15-27-11-9-26(10-12-27)14-21(28)24-19-7-4-6-18(23)13-19/h4,6-7,13,16-17,20H,3,5,8-12,14-15H2,1-2H3,(H,24,28)(H,25,29)/t16-,17+,20-/m1/s1. The average molecular weight is 405 g/mol. The maximum absolute atomic E-state index is 13.2. The van der Waals surface area contributed by atoms with E-state index < -0.39 is 0 Å². The van der Waals surface area contributed by atoms with Gasteiger partial charge in [0.05, 0.1) is 13.1 Å². The van der Waals surface area contributed by atoms with Crippen molar-refractivity contribution in [1.29, 1.82) is 0 Å². The number of anilines is 1. The third-order valence-corrected chi connectivity index (χ3v) is 6.36. The summed E-state index contributed by atoms with van der Waals surface area (Å²) in [5, 5.41) is 5.96. The largest absolute Gasteiger partial charge is 0.352 e. The van der Waals surface area contributed by atoms with E-state index in [1.165, 1.54) is 25.0 Å². The minimum Gasteiger partial charge on any atom is -0.352 e. The van der Waals surface area contributed by atoms with E-state index in [0.29, 0.717) is 30.1 Å². The highest BCUT2D eigenvalue weighted by atomic mass is 19.1. The van der Waals surface area contributed by atoms with Crippen molar-refractivity contribution < 1.29 is 14.0 Å². The van der Waals surface area contributed by atoms with E-state index >= 15 is 0 Å². The number of piperazine rings is 1. The van der Waals surface area contributed by atoms with Crippen molar-refractivity contribution in [3.05, 3.63) is 30.1 Å². The van der Waals surface area contributed by atoms with Gasteiger partial charge >= 0.3 is 0 Å². The second-order valence-corrected chi connectivity index (χ2v) is 8.55. The van der Waals surface area contributed by atoms with Crippen LogP contribution in [0.5, 0.6) is 0 Å². The Hall–Kier alpha value is -1.99. The summed E-state index contributed by atoms with van der Waals surface area (Å²) >= 11 is 0. The summed E-state index contributed by atoms with van der Waals surface area (Å²) in [5.74, 6) is 0.777. The molecule has 2 aliphatic rings. The van der Waals surface area contributed by atoms with Crippen LogP contribution in [0.4, 0.5) is 10.1 Å². The Morgan fingerprint density at radius 3 is 2.34 bits per heavy atom. The molecule has 3 rings (SSSR count). The van der Waals surface area contributed by atoms with E-state index in [1.807, 2.05) is 0 Å². The summed E-state index contributed by atoms with van der Waals surface area (Å²) in [6.45, 7) is 8.19. The third kappa shape index (κ3) is 6.51. The second-order valence-electron chi connectivity index (χ2n) is 8.55. The van der Waals surface area contributed by atoms with Crippen LogP contribution in [0.1, 0.15) is 33.1 Å². The normalized spacial score (nSPS) is 26.1. The molecule has 0 radical (unpaired) electrons. The fraction of sp³-hybridized carbons (Fsp3) is 0.636. The van der Waals surface area contributed by atoms with E-state index in [0.717, 1.165) is 32.6 Å². The molecule has 29 heavy (non-hydrogen) atoms. The summed E-state index contributed by atoms with van der Waals surface area (Å²) in [7, 11) is 0. The van der Waals surface area contributed by atoms with E-state index in [1.54, 1.807) is 12.1 Å². The zero-order chi connectivity index (χ0) is 20.8. The molecule has 1 aliphatic heterocycles. The second kappa shape index (κ2) is 10.2. The Bertz CT molecular complexity index is 706. The van der Waals surface area contributed by atoms with Gasteiger partial charge in [-0.25, -0.2) is 4.39 Å². The van der Waals surface area contributed by atoms with Crippen molar-refractivity contribution in [1.82, 2.24) is 15.1 Å². The Labute approximate surface area is 172 Å². The van der Waals surface area contributed by atoms with Crippen LogP contribution in [0.2, 0.25) is 0 Å². The number of hydrogen-bond acceptors (Lipinski definition) is 4. The lowest BCUT2D eigenvalue weighted by Crippen LogP contribution is -2.52. The molecule has 1 aliphatic carbocycles. The number of nitrogens with zero attached hydrogens (tertiary/aromatic N) is 2. The summed E-state index contributed by atoms with van der Waals surface area (Å²) in [5.41, 5.74) is 0.469. The highest BCUT2D eigenvalue weighted by Gasteiger charge is 2.29. The number of nitrogens with one attached hydrogen (secondary N) is 2. The van der Waals surface area contributed by atoms with Gasteiger partial charge in [-0.1, -0.05) is 32.8 Å². The van der Waals surface area contributed by atoms with Crippen molar-refractivity contribution in [2.45, 2.75) is 39.2 Å². The first-order chi connectivity index (χ1) is 13.9. The number of benzene rings is 1. The van der Waals surface area contributed by atoms with Crippen LogP contribution >= 0.6 is 0 Å². The molecule has 2 N–H and O–H groups in total. The lowest BCUT2D eigenvalue weighted by molar-refractivity contribution is -0.124. The van der Waals surface area contributed by atoms with E-state index in [2.05, 4.69) is 34.3 Å². The number of rotatable bonds is 6. The SMILES string of the molecule is C[C@H]1[C@H](C)CCC[C@H]1NC(=O)CN1CCN(CC(=O)Nc2cccc(F)c2)CC1. The monoisotopic (exact) mass is 404 g/mol. The molecule has 1 heterocycles. The van der Waals surface area contributed by atoms with Gasteiger partial charge in [0, 0.05) is 37.9 Å². The van der Waals surface area contributed by atoms with Crippen LogP contribution in [-0.2, 0) is 9.59 Å². The first-order valence-electron chi connectivity index (χ1n) is 10.7. The highest BCUT2D eigenvalue weighted by Crippen LogP contribution is 2.29. The molecule has 7 heteroatoms. The minimum atomic E-state index is -0.369. The van der Waals surface area contributed by atoms with Crippen molar-refractivity contribution in [2.24, 2.45) is 11.8 Å². The summed E-state index contributed by atoms with van der Waals surface area (Å²) < 4.78 is 13.2. The molecule has 6 nitrogen and oxygen atoms in total. The summed E-state index contributed by atoms with van der Waals surface area (Å²) in [4.78, 5) is 28.8. The van der Waals surface area contributed by atoms with Crippen LogP contribution < -0.4 is 10.6 Å². The van der Waals surface area contributed by atoms with Crippen molar-refractivity contribution >= 4 is 17.5 Å². The fourth-order valence-corrected chi connectivity index (χ4v) is 4.32. The lowest BCUT2D eigenvalue weighted by atomic mass is 9.78. The molecule has 160 valence electrons. The third-order valence-electron chi connectivity index (χ3n) is 6.36. The van der Waals surface area contributed by atoms with Crippen LogP contribution in [-0.4, -0.2) is 66.9 Å². The molecule has 1 aromatic rings. The van der Waals surface area contributed by atoms with Gasteiger partial charge in [0.1, 0.15) is 5.82 Å². The van der Waals surface area contributed by atoms with Gasteiger partial charge in [0.25, 0.3) is 0 Å². The Balaban J connectivity index is 1.36. The van der Waals surface area contributed by atoms with Gasteiger partial charge in [-0.05, 0) is 36.5 Å². The molecule has 0 spiro atoms. The fourth-order valence-electron chi connectivity index (χ4n) is 4.32. The average Bonchev–Trinajstić information content (AvgIpc) is 2.67. The number of amides is 2. The molecule has 0 bridgehead atoms. The number of halogens is 1. The van der Waals surface area contributed by atoms with Gasteiger partial charge in [0.15, 0.2) is 0 Å². The molecular weight excluding hydrogens is 371 g/mol. The molecule has 1 saturated carbocycles. The maximum Gasteiger partial charge on any atom is 0.238 e. The van der Waals surface area contributed by atoms with Gasteiger partial charge in [-0.3, -0.25) is 19.4 Å². The van der Waals surface area contributed by atoms with E-state index in [9.17, 15) is 14.0 Å². The first kappa shape index (κ1) is 21.7. The van der Waals surface area contributed by atoms with Crippen molar-refractivity contribution in [2.75, 3.05) is 44.6 Å². The summed E-state index contributed by atoms with van der Waals surface area (Å²) in [6, 6.07) is 6.19. The first-order valence-corrected chi connectivity index (χ1v) is 10.7. The molecule has 1 aromatic carbocycles. The number of hydrogen-bond donors (Lipinski definition) is 2. The van der Waals surface area contributed by atoms with Crippen LogP contribution in [0.25, 0.3) is 0 Å². The zero-order valence-corrected chi connectivity index (χ0v) is 17.5. The Kier molecular flexibility index (Phi) is 7.61. The predicted octanol–water partition coefficient (Wildman–Crippen LogP) is 2.32. The Morgan fingerprint density at radius 1 is 1.03 bits per heavy atom. The van der Waals surface area contributed by atoms with Gasteiger partial charge in [-0.2, -0.15) is 0 Å². The maximum atomic E-state index is 13.2. The van der Waals surface area contributed by atoms with Gasteiger partial charge in [0.2, 0.25) is 11.8 Å². The molecule has 2 fully saturated rings. The van der Waals surface area contributed by atoms with E-state index in [4.69, 9.17) is 0 Å². The minimum absolute atomic E-state index is 0.105. The number of carbonyl (C=O) groups is 2. The smallest absolute Gasteiger partial charge is 0.238 e. The highest BCUT2D eigenvalue weighted by molar-refractivity contribution is 5.92. The molecule has 2 amide bonds. The number of carbonyl (C=O) groups excluding carboxylic acids is 2. The van der Waals surface area contributed by atoms with Gasteiger partial charge < -0.3 is 10.6 Å². The molecule has 0 aromatic heterocycles. The quantitative estimate of drug-likeness (QED) is 0.764. The zero-order valence-electron chi connectivity index (χ0n) is 17.5. The Morgan fingerprint density at radius 2 is 1.69 bits per heavy atom. The van der Waals surface area contributed by atoms with Gasteiger partial charge in [-0.15, -0.1) is 0 Å². The van der Waals surface area contributed by atoms with Crippen molar-refractivity contribution in [3.63, 3.8) is 0 Å². The topological polar surface area (TPSA) is 64.7 Å².